The number of carboxylic acids is 1. The molecule has 92 valence electrons. The standard InChI is InChI=1S/C12H13F2NO2/c13-10(14)7-15-6-5-8-3-1-2-4-9(8)11(15)12(16)17/h1-4,10-11H,5-7H2,(H,16,17). The van der Waals surface area contributed by atoms with Gasteiger partial charge in [-0.15, -0.1) is 0 Å². The van der Waals surface area contributed by atoms with E-state index in [1.807, 2.05) is 12.1 Å². The Labute approximate surface area is 97.7 Å². The quantitative estimate of drug-likeness (QED) is 0.879. The minimum atomic E-state index is -2.51. The van der Waals surface area contributed by atoms with E-state index >= 15 is 0 Å². The molecule has 5 heteroatoms. The SMILES string of the molecule is O=C(O)C1c2ccccc2CCN1CC(F)F. The van der Waals surface area contributed by atoms with Crippen LogP contribution < -0.4 is 0 Å². The second kappa shape index (κ2) is 4.79. The zero-order valence-electron chi connectivity index (χ0n) is 9.14. The first-order valence-corrected chi connectivity index (χ1v) is 5.42. The van der Waals surface area contributed by atoms with Crippen LogP contribution in [0, 0.1) is 0 Å². The van der Waals surface area contributed by atoms with Gasteiger partial charge in [-0.05, 0) is 17.5 Å². The molecular weight excluding hydrogens is 228 g/mol. The van der Waals surface area contributed by atoms with Crippen LogP contribution in [0.4, 0.5) is 8.78 Å². The Morgan fingerprint density at radius 2 is 2.18 bits per heavy atom. The number of hydrogen-bond donors (Lipinski definition) is 1. The fraction of sp³-hybridized carbons (Fsp3) is 0.417. The molecule has 1 aliphatic rings. The van der Waals surface area contributed by atoms with Crippen molar-refractivity contribution < 1.29 is 18.7 Å². The normalized spacial score (nSPS) is 20.3. The summed E-state index contributed by atoms with van der Waals surface area (Å²) in [5.74, 6) is -1.07. The minimum Gasteiger partial charge on any atom is -0.480 e. The molecule has 17 heavy (non-hydrogen) atoms. The number of rotatable bonds is 3. The van der Waals surface area contributed by atoms with Crippen molar-refractivity contribution in [1.82, 2.24) is 4.90 Å². The molecule has 0 amide bonds. The van der Waals surface area contributed by atoms with E-state index in [1.54, 1.807) is 12.1 Å². The summed E-state index contributed by atoms with van der Waals surface area (Å²) in [4.78, 5) is 12.6. The number of nitrogens with zero attached hydrogens (tertiary/aromatic N) is 1. The van der Waals surface area contributed by atoms with Crippen LogP contribution in [0.2, 0.25) is 0 Å². The van der Waals surface area contributed by atoms with Crippen LogP contribution >= 0.6 is 0 Å². The number of halogens is 2. The largest absolute Gasteiger partial charge is 0.480 e. The first-order valence-electron chi connectivity index (χ1n) is 5.42. The van der Waals surface area contributed by atoms with Crippen molar-refractivity contribution in [3.05, 3.63) is 35.4 Å². The molecule has 1 aliphatic heterocycles. The lowest BCUT2D eigenvalue weighted by molar-refractivity contribution is -0.144. The highest BCUT2D eigenvalue weighted by molar-refractivity contribution is 5.76. The molecule has 0 saturated carbocycles. The number of aliphatic carboxylic acids is 1. The number of fused-ring (bicyclic) bond motifs is 1. The Kier molecular flexibility index (Phi) is 3.38. The lowest BCUT2D eigenvalue weighted by atomic mass is 9.92. The average molecular weight is 241 g/mol. The molecule has 0 aliphatic carbocycles. The van der Waals surface area contributed by atoms with Crippen LogP contribution in [-0.4, -0.2) is 35.5 Å². The summed E-state index contributed by atoms with van der Waals surface area (Å²) < 4.78 is 24.8. The fourth-order valence-corrected chi connectivity index (χ4v) is 2.28. The first kappa shape index (κ1) is 12.0. The van der Waals surface area contributed by atoms with Crippen LogP contribution in [0.3, 0.4) is 0 Å². The summed E-state index contributed by atoms with van der Waals surface area (Å²) in [5, 5.41) is 9.18. The van der Waals surface area contributed by atoms with E-state index in [9.17, 15) is 18.7 Å². The number of hydrogen-bond acceptors (Lipinski definition) is 2. The van der Waals surface area contributed by atoms with E-state index < -0.39 is 25.0 Å². The molecule has 1 heterocycles. The van der Waals surface area contributed by atoms with Gasteiger partial charge in [-0.25, -0.2) is 8.78 Å². The molecule has 1 N–H and O–H groups in total. The van der Waals surface area contributed by atoms with Gasteiger partial charge in [0.1, 0.15) is 6.04 Å². The molecule has 1 atom stereocenters. The van der Waals surface area contributed by atoms with E-state index in [1.165, 1.54) is 4.90 Å². The highest BCUT2D eigenvalue weighted by Gasteiger charge is 2.33. The molecule has 0 radical (unpaired) electrons. The second-order valence-electron chi connectivity index (χ2n) is 4.08. The third-order valence-corrected chi connectivity index (χ3v) is 2.99. The van der Waals surface area contributed by atoms with E-state index in [4.69, 9.17) is 0 Å². The summed E-state index contributed by atoms with van der Waals surface area (Å²) >= 11 is 0. The van der Waals surface area contributed by atoms with E-state index in [0.29, 0.717) is 18.5 Å². The van der Waals surface area contributed by atoms with Gasteiger partial charge in [0.05, 0.1) is 6.54 Å². The predicted molar refractivity (Wildman–Crippen MR) is 58.1 cm³/mol. The van der Waals surface area contributed by atoms with Crippen LogP contribution in [0.5, 0.6) is 0 Å². The van der Waals surface area contributed by atoms with Crippen molar-refractivity contribution in [1.29, 1.82) is 0 Å². The molecule has 2 rings (SSSR count). The van der Waals surface area contributed by atoms with Gasteiger partial charge >= 0.3 is 5.97 Å². The number of benzene rings is 1. The Morgan fingerprint density at radius 1 is 1.47 bits per heavy atom. The van der Waals surface area contributed by atoms with Crippen LogP contribution in [-0.2, 0) is 11.2 Å². The minimum absolute atomic E-state index is 0.359. The molecule has 0 saturated heterocycles. The van der Waals surface area contributed by atoms with Crippen molar-refractivity contribution in [2.75, 3.05) is 13.1 Å². The van der Waals surface area contributed by atoms with Gasteiger partial charge in [0.15, 0.2) is 0 Å². The van der Waals surface area contributed by atoms with Gasteiger partial charge in [-0.2, -0.15) is 0 Å². The fourth-order valence-electron chi connectivity index (χ4n) is 2.28. The second-order valence-corrected chi connectivity index (χ2v) is 4.08. The summed E-state index contributed by atoms with van der Waals surface area (Å²) in [6.07, 6.45) is -1.89. The summed E-state index contributed by atoms with van der Waals surface area (Å²) in [6.45, 7) is -0.135. The zero-order chi connectivity index (χ0) is 12.4. The van der Waals surface area contributed by atoms with Crippen LogP contribution in [0.25, 0.3) is 0 Å². The topological polar surface area (TPSA) is 40.5 Å². The van der Waals surface area contributed by atoms with Crippen molar-refractivity contribution in [2.24, 2.45) is 0 Å². The Morgan fingerprint density at radius 3 is 2.82 bits per heavy atom. The molecule has 1 aromatic carbocycles. The third kappa shape index (κ3) is 2.44. The van der Waals surface area contributed by atoms with Crippen LogP contribution in [0.1, 0.15) is 17.2 Å². The van der Waals surface area contributed by atoms with Crippen LogP contribution in [0.15, 0.2) is 24.3 Å². The molecule has 1 aromatic rings. The van der Waals surface area contributed by atoms with Gasteiger partial charge in [0, 0.05) is 6.54 Å². The first-order chi connectivity index (χ1) is 8.09. The summed E-state index contributed by atoms with van der Waals surface area (Å²) in [7, 11) is 0. The maximum atomic E-state index is 12.4. The monoisotopic (exact) mass is 241 g/mol. The Bertz CT molecular complexity index is 423. The molecule has 0 aromatic heterocycles. The molecule has 0 spiro atoms. The molecule has 1 unspecified atom stereocenters. The molecule has 3 nitrogen and oxygen atoms in total. The summed E-state index contributed by atoms with van der Waals surface area (Å²) in [6, 6.07) is 6.17. The van der Waals surface area contributed by atoms with Crippen molar-refractivity contribution in [3.63, 3.8) is 0 Å². The van der Waals surface area contributed by atoms with E-state index in [2.05, 4.69) is 0 Å². The van der Waals surface area contributed by atoms with Crippen molar-refractivity contribution in [3.8, 4) is 0 Å². The van der Waals surface area contributed by atoms with Crippen molar-refractivity contribution in [2.45, 2.75) is 18.9 Å². The van der Waals surface area contributed by atoms with E-state index in [-0.39, 0.29) is 0 Å². The van der Waals surface area contributed by atoms with Gasteiger partial charge in [0.25, 0.3) is 6.43 Å². The smallest absolute Gasteiger partial charge is 0.325 e. The van der Waals surface area contributed by atoms with Gasteiger partial charge < -0.3 is 5.11 Å². The van der Waals surface area contributed by atoms with Gasteiger partial charge in [-0.3, -0.25) is 9.69 Å². The van der Waals surface area contributed by atoms with Gasteiger partial charge in [-0.1, -0.05) is 24.3 Å². The highest BCUT2D eigenvalue weighted by atomic mass is 19.3. The van der Waals surface area contributed by atoms with Crippen molar-refractivity contribution >= 4 is 5.97 Å². The number of carbonyl (C=O) groups is 1. The Balaban J connectivity index is 2.32. The zero-order valence-corrected chi connectivity index (χ0v) is 9.14. The summed E-state index contributed by atoms with van der Waals surface area (Å²) in [5.41, 5.74) is 1.57. The number of carboxylic acid groups (broad SMARTS) is 1. The molecule has 0 fully saturated rings. The Hall–Kier alpha value is -1.49. The highest BCUT2D eigenvalue weighted by Crippen LogP contribution is 2.30. The lowest BCUT2D eigenvalue weighted by Crippen LogP contribution is -2.42. The molecule has 0 bridgehead atoms. The predicted octanol–water partition coefficient (Wildman–Crippen LogP) is 1.94. The average Bonchev–Trinajstić information content (AvgIpc) is 2.27. The van der Waals surface area contributed by atoms with Gasteiger partial charge in [0.2, 0.25) is 0 Å². The number of alkyl halides is 2. The maximum absolute atomic E-state index is 12.4. The third-order valence-electron chi connectivity index (χ3n) is 2.99. The maximum Gasteiger partial charge on any atom is 0.325 e. The molecular formula is C12H13F2NO2. The van der Waals surface area contributed by atoms with E-state index in [0.717, 1.165) is 5.56 Å². The lowest BCUT2D eigenvalue weighted by Gasteiger charge is -2.34.